The summed E-state index contributed by atoms with van der Waals surface area (Å²) in [6, 6.07) is 9.73. The number of rotatable bonds is 10. The van der Waals surface area contributed by atoms with Crippen molar-refractivity contribution in [1.82, 2.24) is 15.1 Å². The van der Waals surface area contributed by atoms with Gasteiger partial charge in [-0.2, -0.15) is 5.10 Å². The van der Waals surface area contributed by atoms with Crippen LogP contribution in [0.3, 0.4) is 0 Å². The second-order valence-electron chi connectivity index (χ2n) is 6.24. The third-order valence-corrected chi connectivity index (χ3v) is 4.14. The van der Waals surface area contributed by atoms with E-state index in [0.29, 0.717) is 12.2 Å². The molecule has 0 radical (unpaired) electrons. The van der Waals surface area contributed by atoms with Crippen molar-refractivity contribution >= 4 is 5.91 Å². The van der Waals surface area contributed by atoms with Gasteiger partial charge in [0, 0.05) is 13.6 Å². The summed E-state index contributed by atoms with van der Waals surface area (Å²) in [5, 5.41) is 7.26. The lowest BCUT2D eigenvalue weighted by Crippen LogP contribution is -2.25. The first-order chi connectivity index (χ1) is 12.1. The molecule has 5 heteroatoms. The smallest absolute Gasteiger partial charge is 0.269 e. The van der Waals surface area contributed by atoms with Gasteiger partial charge < -0.3 is 10.1 Å². The topological polar surface area (TPSA) is 56.1 Å². The zero-order valence-electron chi connectivity index (χ0n) is 15.5. The van der Waals surface area contributed by atoms with E-state index >= 15 is 0 Å². The van der Waals surface area contributed by atoms with E-state index in [2.05, 4.69) is 17.3 Å². The van der Waals surface area contributed by atoms with Crippen molar-refractivity contribution in [2.24, 2.45) is 7.05 Å². The van der Waals surface area contributed by atoms with Crippen LogP contribution in [0, 0.1) is 0 Å². The molecule has 1 N–H and O–H groups in total. The van der Waals surface area contributed by atoms with Crippen LogP contribution in [0.2, 0.25) is 0 Å². The normalized spacial score (nSPS) is 10.7. The Hall–Kier alpha value is -2.30. The molecule has 0 fully saturated rings. The molecule has 25 heavy (non-hydrogen) atoms. The summed E-state index contributed by atoms with van der Waals surface area (Å²) in [6.45, 7) is 5.44. The lowest BCUT2D eigenvalue weighted by molar-refractivity contribution is 0.0941. The van der Waals surface area contributed by atoms with Gasteiger partial charge in [-0.3, -0.25) is 9.48 Å². The molecule has 0 atom stereocenters. The van der Waals surface area contributed by atoms with Crippen molar-refractivity contribution in [3.05, 3.63) is 47.3 Å². The van der Waals surface area contributed by atoms with Crippen LogP contribution in [0.15, 0.2) is 30.3 Å². The number of nitrogens with zero attached hydrogens (tertiary/aromatic N) is 2. The molecule has 1 aromatic heterocycles. The van der Waals surface area contributed by atoms with Crippen molar-refractivity contribution in [3.8, 4) is 5.75 Å². The maximum absolute atomic E-state index is 12.3. The average molecular weight is 343 g/mol. The summed E-state index contributed by atoms with van der Waals surface area (Å²) in [6.07, 6.45) is 5.58. The second-order valence-corrected chi connectivity index (χ2v) is 6.24. The maximum atomic E-state index is 12.3. The van der Waals surface area contributed by atoms with Crippen LogP contribution >= 0.6 is 0 Å². The first-order valence-electron chi connectivity index (χ1n) is 9.16. The Bertz CT molecular complexity index is 679. The third-order valence-electron chi connectivity index (χ3n) is 4.14. The number of carbonyl (C=O) groups excluding carboxylic acids is 1. The molecule has 0 aliphatic rings. The van der Waals surface area contributed by atoms with Crippen LogP contribution in [0.25, 0.3) is 0 Å². The molecule has 0 aliphatic heterocycles. The molecule has 0 saturated heterocycles. The summed E-state index contributed by atoms with van der Waals surface area (Å²) in [7, 11) is 1.79. The Labute approximate surface area is 150 Å². The van der Waals surface area contributed by atoms with Crippen molar-refractivity contribution in [2.45, 2.75) is 52.5 Å². The molecule has 2 aromatic rings. The number of hydrogen-bond donors (Lipinski definition) is 1. The van der Waals surface area contributed by atoms with Gasteiger partial charge in [0.25, 0.3) is 5.91 Å². The van der Waals surface area contributed by atoms with Gasteiger partial charge in [0.1, 0.15) is 11.4 Å². The van der Waals surface area contributed by atoms with E-state index < -0.39 is 0 Å². The molecule has 1 heterocycles. The monoisotopic (exact) mass is 343 g/mol. The Morgan fingerprint density at radius 2 is 2.04 bits per heavy atom. The summed E-state index contributed by atoms with van der Waals surface area (Å²) < 4.78 is 7.42. The lowest BCUT2D eigenvalue weighted by atomic mass is 10.2. The molecule has 5 nitrogen and oxygen atoms in total. The molecule has 136 valence electrons. The zero-order valence-corrected chi connectivity index (χ0v) is 15.5. The molecule has 0 saturated carbocycles. The van der Waals surface area contributed by atoms with E-state index in [1.54, 1.807) is 11.7 Å². The number of aromatic nitrogens is 2. The molecule has 0 unspecified atom stereocenters. The zero-order chi connectivity index (χ0) is 18.1. The minimum atomic E-state index is -0.111. The summed E-state index contributed by atoms with van der Waals surface area (Å²) in [5.74, 6) is 0.748. The van der Waals surface area contributed by atoms with Gasteiger partial charge in [0.2, 0.25) is 0 Å². The van der Waals surface area contributed by atoms with Crippen LogP contribution in [0.4, 0.5) is 0 Å². The van der Waals surface area contributed by atoms with Crippen LogP contribution < -0.4 is 10.1 Å². The highest BCUT2D eigenvalue weighted by atomic mass is 16.5. The molecular formula is C20H29N3O2. The third kappa shape index (κ3) is 5.93. The SMILES string of the molecule is CCCCCCOc1cccc(CNC(=O)c2cc(CC)nn2C)c1. The predicted molar refractivity (Wildman–Crippen MR) is 99.8 cm³/mol. The van der Waals surface area contributed by atoms with Crippen molar-refractivity contribution < 1.29 is 9.53 Å². The van der Waals surface area contributed by atoms with Crippen molar-refractivity contribution in [2.75, 3.05) is 6.61 Å². The Morgan fingerprint density at radius 3 is 2.76 bits per heavy atom. The minimum absolute atomic E-state index is 0.111. The number of carbonyl (C=O) groups is 1. The minimum Gasteiger partial charge on any atom is -0.494 e. The maximum Gasteiger partial charge on any atom is 0.269 e. The standard InChI is InChI=1S/C20H29N3O2/c1-4-6-7-8-12-25-18-11-9-10-16(13-18)15-21-20(24)19-14-17(5-2)22-23(19)3/h9-11,13-14H,4-8,12,15H2,1-3H3,(H,21,24). The first kappa shape index (κ1) is 19.0. The van der Waals surface area contributed by atoms with Crippen LogP contribution in [-0.2, 0) is 20.0 Å². The number of aryl methyl sites for hydroxylation is 2. The summed E-state index contributed by atoms with van der Waals surface area (Å²) in [4.78, 5) is 12.3. The van der Waals surface area contributed by atoms with Crippen LogP contribution in [-0.4, -0.2) is 22.3 Å². The number of benzene rings is 1. The fraction of sp³-hybridized carbons (Fsp3) is 0.500. The number of ether oxygens (including phenoxy) is 1. The number of hydrogen-bond acceptors (Lipinski definition) is 3. The quantitative estimate of drug-likeness (QED) is 0.666. The molecule has 0 bridgehead atoms. The van der Waals surface area contributed by atoms with Gasteiger partial charge in [-0.15, -0.1) is 0 Å². The summed E-state index contributed by atoms with van der Waals surface area (Å²) in [5.41, 5.74) is 2.53. The van der Waals surface area contributed by atoms with Crippen molar-refractivity contribution in [1.29, 1.82) is 0 Å². The van der Waals surface area contributed by atoms with E-state index in [1.165, 1.54) is 19.3 Å². The van der Waals surface area contributed by atoms with E-state index in [-0.39, 0.29) is 5.91 Å². The molecule has 0 aliphatic carbocycles. The van der Waals surface area contributed by atoms with E-state index in [9.17, 15) is 4.79 Å². The Morgan fingerprint density at radius 1 is 1.20 bits per heavy atom. The van der Waals surface area contributed by atoms with Gasteiger partial charge in [-0.1, -0.05) is 45.2 Å². The molecule has 1 amide bonds. The van der Waals surface area contributed by atoms with Crippen LogP contribution in [0.5, 0.6) is 5.75 Å². The molecule has 0 spiro atoms. The fourth-order valence-corrected chi connectivity index (χ4v) is 2.65. The lowest BCUT2D eigenvalue weighted by Gasteiger charge is -2.09. The van der Waals surface area contributed by atoms with Crippen LogP contribution in [0.1, 0.15) is 61.3 Å². The van der Waals surface area contributed by atoms with Gasteiger partial charge in [-0.25, -0.2) is 0 Å². The van der Waals surface area contributed by atoms with E-state index in [1.807, 2.05) is 37.3 Å². The predicted octanol–water partition coefficient (Wildman–Crippen LogP) is 3.87. The number of nitrogens with one attached hydrogen (secondary N) is 1. The summed E-state index contributed by atoms with van der Waals surface area (Å²) >= 11 is 0. The Balaban J connectivity index is 1.84. The highest BCUT2D eigenvalue weighted by molar-refractivity contribution is 5.92. The van der Waals surface area contributed by atoms with Gasteiger partial charge in [0.05, 0.1) is 12.3 Å². The molecule has 2 rings (SSSR count). The van der Waals surface area contributed by atoms with Gasteiger partial charge >= 0.3 is 0 Å². The molecular weight excluding hydrogens is 314 g/mol. The highest BCUT2D eigenvalue weighted by Crippen LogP contribution is 2.14. The average Bonchev–Trinajstić information content (AvgIpc) is 3.01. The first-order valence-corrected chi connectivity index (χ1v) is 9.16. The van der Waals surface area contributed by atoms with Gasteiger partial charge in [-0.05, 0) is 36.6 Å². The van der Waals surface area contributed by atoms with Gasteiger partial charge in [0.15, 0.2) is 0 Å². The fourth-order valence-electron chi connectivity index (χ4n) is 2.65. The largest absolute Gasteiger partial charge is 0.494 e. The van der Waals surface area contributed by atoms with E-state index in [0.717, 1.165) is 36.5 Å². The van der Waals surface area contributed by atoms with Crippen molar-refractivity contribution in [3.63, 3.8) is 0 Å². The number of amides is 1. The Kier molecular flexibility index (Phi) is 7.51. The van der Waals surface area contributed by atoms with E-state index in [4.69, 9.17) is 4.74 Å². The second kappa shape index (κ2) is 9.87. The highest BCUT2D eigenvalue weighted by Gasteiger charge is 2.12. The molecule has 1 aromatic carbocycles. The number of unbranched alkanes of at least 4 members (excludes halogenated alkanes) is 3.